The number of halogens is 3. The van der Waals surface area contributed by atoms with Gasteiger partial charge in [-0.3, -0.25) is 4.98 Å². The van der Waals surface area contributed by atoms with Crippen LogP contribution in [0.2, 0.25) is 0 Å². The molecular weight excluding hydrogens is 407 g/mol. The number of ether oxygens (including phenoxy) is 2. The molecule has 0 N–H and O–H groups in total. The first-order chi connectivity index (χ1) is 14.9. The Hall–Kier alpha value is -3.44. The van der Waals surface area contributed by atoms with Gasteiger partial charge in [0.1, 0.15) is 24.3 Å². The number of benzene rings is 1. The van der Waals surface area contributed by atoms with Crippen LogP contribution in [0.1, 0.15) is 24.1 Å². The average Bonchev–Trinajstić information content (AvgIpc) is 3.61. The first-order valence-electron chi connectivity index (χ1n) is 9.58. The molecule has 31 heavy (non-hydrogen) atoms. The first kappa shape index (κ1) is 20.8. The van der Waals surface area contributed by atoms with Gasteiger partial charge < -0.3 is 9.47 Å². The second-order valence-corrected chi connectivity index (χ2v) is 7.13. The van der Waals surface area contributed by atoms with E-state index in [1.54, 1.807) is 30.7 Å². The van der Waals surface area contributed by atoms with Crippen molar-refractivity contribution in [2.24, 2.45) is 5.92 Å². The summed E-state index contributed by atoms with van der Waals surface area (Å²) in [5.41, 5.74) is 2.06. The molecule has 1 atom stereocenters. The lowest BCUT2D eigenvalue weighted by Crippen LogP contribution is -2.35. The summed E-state index contributed by atoms with van der Waals surface area (Å²) in [5, 5.41) is 0. The van der Waals surface area contributed by atoms with E-state index in [0.29, 0.717) is 11.3 Å². The molecule has 0 spiro atoms. The molecule has 5 nitrogen and oxygen atoms in total. The van der Waals surface area contributed by atoms with Crippen molar-refractivity contribution < 1.29 is 22.6 Å². The minimum Gasteiger partial charge on any atom is -0.406 e. The maximum atomic E-state index is 12.4. The number of pyridine rings is 1. The molecular formula is C23H18F3N3O2. The Morgan fingerprint density at radius 2 is 1.65 bits per heavy atom. The van der Waals surface area contributed by atoms with Gasteiger partial charge in [0.05, 0.1) is 5.69 Å². The van der Waals surface area contributed by atoms with Gasteiger partial charge in [0.2, 0.25) is 0 Å². The fraction of sp³-hybridized carbons (Fsp3) is 0.261. The van der Waals surface area contributed by atoms with E-state index >= 15 is 0 Å². The molecule has 0 radical (unpaired) electrons. The molecule has 0 aliphatic heterocycles. The zero-order valence-corrected chi connectivity index (χ0v) is 16.3. The molecule has 0 amide bonds. The maximum Gasteiger partial charge on any atom is 0.573 e. The molecule has 1 fully saturated rings. The fourth-order valence-electron chi connectivity index (χ4n) is 3.64. The number of alkyl halides is 3. The number of nitrogens with zero attached hydrogens (tertiary/aromatic N) is 3. The van der Waals surface area contributed by atoms with Crippen LogP contribution in [-0.2, 0) is 10.3 Å². The van der Waals surface area contributed by atoms with Gasteiger partial charge in [-0.15, -0.1) is 19.6 Å². The lowest BCUT2D eigenvalue weighted by molar-refractivity contribution is -0.274. The van der Waals surface area contributed by atoms with Gasteiger partial charge in [0.25, 0.3) is 0 Å². The van der Waals surface area contributed by atoms with Crippen molar-refractivity contribution in [3.05, 3.63) is 72.6 Å². The molecule has 2 heterocycles. The van der Waals surface area contributed by atoms with Crippen molar-refractivity contribution in [3.8, 4) is 29.2 Å². The molecule has 4 rings (SSSR count). The molecule has 1 aliphatic carbocycles. The number of terminal acetylenes is 1. The second-order valence-electron chi connectivity index (χ2n) is 7.13. The van der Waals surface area contributed by atoms with Crippen LogP contribution in [0.4, 0.5) is 13.2 Å². The van der Waals surface area contributed by atoms with Gasteiger partial charge in [0.15, 0.2) is 0 Å². The highest BCUT2D eigenvalue weighted by molar-refractivity contribution is 5.63. The highest BCUT2D eigenvalue weighted by Crippen LogP contribution is 2.51. The molecule has 0 bridgehead atoms. The third kappa shape index (κ3) is 4.52. The Labute approximate surface area is 177 Å². The lowest BCUT2D eigenvalue weighted by atomic mass is 9.86. The summed E-state index contributed by atoms with van der Waals surface area (Å²) in [6.07, 6.45) is 9.18. The van der Waals surface area contributed by atoms with Crippen molar-refractivity contribution in [3.63, 3.8) is 0 Å². The van der Waals surface area contributed by atoms with Gasteiger partial charge in [0, 0.05) is 29.7 Å². The Kier molecular flexibility index (Phi) is 5.61. The zero-order chi connectivity index (χ0) is 21.9. The molecule has 158 valence electrons. The minimum atomic E-state index is -4.73. The number of rotatable bonds is 7. The smallest absolute Gasteiger partial charge is 0.406 e. The predicted molar refractivity (Wildman–Crippen MR) is 107 cm³/mol. The van der Waals surface area contributed by atoms with E-state index in [0.717, 1.165) is 24.0 Å². The molecule has 1 saturated carbocycles. The van der Waals surface area contributed by atoms with Gasteiger partial charge >= 0.3 is 6.36 Å². The Morgan fingerprint density at radius 1 is 0.968 bits per heavy atom. The Balaban J connectivity index is 1.66. The highest BCUT2D eigenvalue weighted by atomic mass is 19.4. The van der Waals surface area contributed by atoms with Crippen molar-refractivity contribution in [1.29, 1.82) is 0 Å². The average molecular weight is 425 g/mol. The van der Waals surface area contributed by atoms with Gasteiger partial charge in [-0.1, -0.05) is 24.1 Å². The third-order valence-electron chi connectivity index (χ3n) is 5.09. The highest BCUT2D eigenvalue weighted by Gasteiger charge is 2.50. The van der Waals surface area contributed by atoms with Crippen molar-refractivity contribution in [1.82, 2.24) is 15.0 Å². The lowest BCUT2D eigenvalue weighted by Gasteiger charge is -2.33. The van der Waals surface area contributed by atoms with Crippen LogP contribution >= 0.6 is 0 Å². The monoisotopic (exact) mass is 425 g/mol. The molecule has 1 aliphatic rings. The minimum absolute atomic E-state index is 0.107. The summed E-state index contributed by atoms with van der Waals surface area (Å²) in [7, 11) is 0. The molecule has 1 unspecified atom stereocenters. The second kappa shape index (κ2) is 8.36. The van der Waals surface area contributed by atoms with E-state index < -0.39 is 12.0 Å². The molecule has 8 heteroatoms. The van der Waals surface area contributed by atoms with Gasteiger partial charge in [-0.2, -0.15) is 0 Å². The quantitative estimate of drug-likeness (QED) is 0.512. The van der Waals surface area contributed by atoms with E-state index in [1.165, 1.54) is 18.5 Å². The van der Waals surface area contributed by atoms with Crippen LogP contribution < -0.4 is 4.74 Å². The first-order valence-corrected chi connectivity index (χ1v) is 9.58. The van der Waals surface area contributed by atoms with E-state index in [9.17, 15) is 13.2 Å². The van der Waals surface area contributed by atoms with E-state index in [2.05, 4.69) is 25.6 Å². The van der Waals surface area contributed by atoms with Crippen molar-refractivity contribution in [2.75, 3.05) is 6.61 Å². The van der Waals surface area contributed by atoms with Crippen LogP contribution in [0, 0.1) is 18.3 Å². The third-order valence-corrected chi connectivity index (χ3v) is 5.09. The van der Waals surface area contributed by atoms with E-state index in [-0.39, 0.29) is 18.3 Å². The summed E-state index contributed by atoms with van der Waals surface area (Å²) in [6.45, 7) is 0.107. The summed E-state index contributed by atoms with van der Waals surface area (Å²) in [5.74, 6) is 2.44. The summed E-state index contributed by atoms with van der Waals surface area (Å²) < 4.78 is 47.2. The number of hydrogen-bond donors (Lipinski definition) is 0. The SMILES string of the molecule is C#CCOC(c1cncnc1)(c1ccc(-c2ccc(OC(F)(F)F)cc2)cn1)C1CC1. The molecule has 1 aromatic carbocycles. The van der Waals surface area contributed by atoms with Gasteiger partial charge in [-0.05, 0) is 42.5 Å². The van der Waals surface area contributed by atoms with E-state index in [1.807, 2.05) is 12.1 Å². The van der Waals surface area contributed by atoms with Crippen LogP contribution in [0.15, 0.2) is 61.3 Å². The Morgan fingerprint density at radius 3 is 2.19 bits per heavy atom. The predicted octanol–water partition coefficient (Wildman–Crippen LogP) is 4.74. The van der Waals surface area contributed by atoms with Crippen LogP contribution in [0.5, 0.6) is 5.75 Å². The van der Waals surface area contributed by atoms with Crippen LogP contribution in [-0.4, -0.2) is 27.9 Å². The van der Waals surface area contributed by atoms with Crippen molar-refractivity contribution >= 4 is 0 Å². The van der Waals surface area contributed by atoms with Crippen LogP contribution in [0.25, 0.3) is 11.1 Å². The summed E-state index contributed by atoms with van der Waals surface area (Å²) in [6, 6.07) is 9.32. The fourth-order valence-corrected chi connectivity index (χ4v) is 3.64. The molecule has 2 aromatic heterocycles. The maximum absolute atomic E-state index is 12.4. The Bertz CT molecular complexity index is 1060. The summed E-state index contributed by atoms with van der Waals surface area (Å²) >= 11 is 0. The topological polar surface area (TPSA) is 57.1 Å². The van der Waals surface area contributed by atoms with Crippen molar-refractivity contribution in [2.45, 2.75) is 24.8 Å². The molecule has 3 aromatic rings. The largest absolute Gasteiger partial charge is 0.573 e. The van der Waals surface area contributed by atoms with Crippen LogP contribution in [0.3, 0.4) is 0 Å². The normalized spacial score (nSPS) is 15.7. The number of aromatic nitrogens is 3. The van der Waals surface area contributed by atoms with Gasteiger partial charge in [-0.25, -0.2) is 9.97 Å². The number of hydrogen-bond acceptors (Lipinski definition) is 5. The van der Waals surface area contributed by atoms with E-state index in [4.69, 9.17) is 11.2 Å². The summed E-state index contributed by atoms with van der Waals surface area (Å²) in [4.78, 5) is 12.9. The molecule has 0 saturated heterocycles. The zero-order valence-electron chi connectivity index (χ0n) is 16.3. The standard InChI is InChI=1S/C23H18F3N3O2/c1-2-11-30-22(18-6-7-18,19-13-27-15-28-14-19)21-10-5-17(12-29-21)16-3-8-20(9-4-16)31-23(24,25)26/h1,3-5,8-10,12-15,18H,6-7,11H2.